The molecule has 112 valence electrons. The van der Waals surface area contributed by atoms with Crippen molar-refractivity contribution in [2.45, 2.75) is 12.8 Å². The monoisotopic (exact) mass is 296 g/mol. The fourth-order valence-electron chi connectivity index (χ4n) is 1.87. The van der Waals surface area contributed by atoms with Crippen LogP contribution in [0.2, 0.25) is 0 Å². The van der Waals surface area contributed by atoms with Crippen molar-refractivity contribution in [3.63, 3.8) is 0 Å². The Hall–Kier alpha value is -2.88. The zero-order valence-corrected chi connectivity index (χ0v) is 11.9. The van der Waals surface area contributed by atoms with Crippen LogP contribution >= 0.6 is 0 Å². The van der Waals surface area contributed by atoms with E-state index in [0.29, 0.717) is 17.7 Å². The maximum atomic E-state index is 11.1. The molecule has 22 heavy (non-hydrogen) atoms. The summed E-state index contributed by atoms with van der Waals surface area (Å²) in [5.41, 5.74) is 1.57. The highest BCUT2D eigenvalue weighted by atomic mass is 16.6. The van der Waals surface area contributed by atoms with Gasteiger partial charge in [0.05, 0.1) is 6.42 Å². The number of phenols is 1. The van der Waals surface area contributed by atoms with Gasteiger partial charge in [-0.25, -0.2) is 4.79 Å². The fraction of sp³-hybridized carbons (Fsp3) is 0.111. The molecular weight excluding hydrogens is 280 g/mol. The molecule has 0 bridgehead atoms. The van der Waals surface area contributed by atoms with Gasteiger partial charge in [-0.3, -0.25) is 4.79 Å². The number of aromatic hydroxyl groups is 1. The van der Waals surface area contributed by atoms with Crippen LogP contribution in [-0.2, 0) is 20.7 Å². The van der Waals surface area contributed by atoms with Crippen molar-refractivity contribution >= 4 is 11.9 Å². The van der Waals surface area contributed by atoms with Crippen LogP contribution in [0, 0.1) is 0 Å². The molecule has 1 N–H and O–H groups in total. The number of carbonyl (C=O) groups excluding carboxylic acids is 2. The van der Waals surface area contributed by atoms with Crippen molar-refractivity contribution in [2.24, 2.45) is 0 Å². The lowest BCUT2D eigenvalue weighted by Gasteiger charge is -1.95. The van der Waals surface area contributed by atoms with Gasteiger partial charge in [-0.1, -0.05) is 54.6 Å². The number of rotatable bonds is 2. The van der Waals surface area contributed by atoms with Crippen LogP contribution in [0.3, 0.4) is 0 Å². The van der Waals surface area contributed by atoms with E-state index in [1.807, 2.05) is 36.4 Å². The summed E-state index contributed by atoms with van der Waals surface area (Å²) >= 11 is 0. The molecule has 0 saturated carbocycles. The Balaban J connectivity index is 0.000000211. The van der Waals surface area contributed by atoms with E-state index in [4.69, 9.17) is 5.11 Å². The van der Waals surface area contributed by atoms with Crippen LogP contribution in [0.5, 0.6) is 5.75 Å². The first-order valence-electron chi connectivity index (χ1n) is 6.87. The summed E-state index contributed by atoms with van der Waals surface area (Å²) in [4.78, 5) is 21.9. The Morgan fingerprint density at radius 1 is 0.955 bits per heavy atom. The van der Waals surface area contributed by atoms with Gasteiger partial charge in [0.2, 0.25) is 0 Å². The molecule has 1 fully saturated rings. The van der Waals surface area contributed by atoms with Crippen molar-refractivity contribution in [1.82, 2.24) is 0 Å². The summed E-state index contributed by atoms with van der Waals surface area (Å²) in [6.45, 7) is 0. The topological polar surface area (TPSA) is 63.6 Å². The van der Waals surface area contributed by atoms with E-state index in [-0.39, 0.29) is 6.42 Å². The summed E-state index contributed by atoms with van der Waals surface area (Å²) in [7, 11) is 0. The molecule has 0 spiro atoms. The maximum Gasteiger partial charge on any atom is 0.341 e. The summed E-state index contributed by atoms with van der Waals surface area (Å²) < 4.78 is 4.42. The summed E-state index contributed by atoms with van der Waals surface area (Å²) in [5, 5.41) is 8.63. The molecular formula is C18H16O4. The van der Waals surface area contributed by atoms with Gasteiger partial charge in [0, 0.05) is 5.57 Å². The van der Waals surface area contributed by atoms with Crippen molar-refractivity contribution in [3.05, 3.63) is 77.9 Å². The average molecular weight is 296 g/mol. The predicted molar refractivity (Wildman–Crippen MR) is 82.1 cm³/mol. The SMILES string of the molecule is O=C1CC(=CCc2ccccc2)C(=O)O1.Oc1ccccc1. The van der Waals surface area contributed by atoms with Crippen molar-refractivity contribution in [2.75, 3.05) is 0 Å². The molecule has 1 aliphatic heterocycles. The van der Waals surface area contributed by atoms with Gasteiger partial charge in [-0.15, -0.1) is 0 Å². The highest BCUT2D eigenvalue weighted by Gasteiger charge is 2.26. The maximum absolute atomic E-state index is 11.1. The van der Waals surface area contributed by atoms with E-state index >= 15 is 0 Å². The first-order chi connectivity index (χ1) is 10.6. The van der Waals surface area contributed by atoms with Gasteiger partial charge >= 0.3 is 11.9 Å². The molecule has 0 aromatic heterocycles. The fourth-order valence-corrected chi connectivity index (χ4v) is 1.87. The number of para-hydroxylation sites is 1. The molecule has 0 atom stereocenters. The summed E-state index contributed by atoms with van der Waals surface area (Å²) in [6.07, 6.45) is 2.51. The molecule has 3 rings (SSSR count). The Kier molecular flexibility index (Phi) is 5.49. The van der Waals surface area contributed by atoms with Crippen LogP contribution < -0.4 is 0 Å². The van der Waals surface area contributed by atoms with Crippen LogP contribution in [0.4, 0.5) is 0 Å². The summed E-state index contributed by atoms with van der Waals surface area (Å²) in [6, 6.07) is 18.5. The van der Waals surface area contributed by atoms with E-state index in [9.17, 15) is 9.59 Å². The second-order valence-electron chi connectivity index (χ2n) is 4.69. The Labute approximate surface area is 128 Å². The third-order valence-corrected chi connectivity index (χ3v) is 2.99. The highest BCUT2D eigenvalue weighted by molar-refractivity contribution is 6.05. The zero-order chi connectivity index (χ0) is 15.8. The smallest absolute Gasteiger partial charge is 0.341 e. The molecule has 2 aromatic carbocycles. The Morgan fingerprint density at radius 3 is 2.00 bits per heavy atom. The first kappa shape index (κ1) is 15.5. The van der Waals surface area contributed by atoms with E-state index in [1.165, 1.54) is 0 Å². The molecule has 1 aliphatic rings. The number of cyclic esters (lactones) is 2. The van der Waals surface area contributed by atoms with Crippen LogP contribution in [0.1, 0.15) is 12.0 Å². The molecule has 1 heterocycles. The van der Waals surface area contributed by atoms with Crippen molar-refractivity contribution in [3.8, 4) is 5.75 Å². The normalized spacial score (nSPS) is 15.2. The lowest BCUT2D eigenvalue weighted by Crippen LogP contribution is -1.97. The minimum Gasteiger partial charge on any atom is -0.508 e. The number of ether oxygens (including phenoxy) is 1. The van der Waals surface area contributed by atoms with Gasteiger partial charge in [0.25, 0.3) is 0 Å². The quantitative estimate of drug-likeness (QED) is 0.525. The van der Waals surface area contributed by atoms with Crippen molar-refractivity contribution < 1.29 is 19.4 Å². The number of esters is 2. The lowest BCUT2D eigenvalue weighted by molar-refractivity contribution is -0.151. The Morgan fingerprint density at radius 2 is 1.55 bits per heavy atom. The van der Waals surface area contributed by atoms with Crippen molar-refractivity contribution in [1.29, 1.82) is 0 Å². The second-order valence-corrected chi connectivity index (χ2v) is 4.69. The van der Waals surface area contributed by atoms with Crippen LogP contribution in [0.15, 0.2) is 72.3 Å². The van der Waals surface area contributed by atoms with Gasteiger partial charge in [0.1, 0.15) is 5.75 Å². The molecule has 0 radical (unpaired) electrons. The van der Waals surface area contributed by atoms with E-state index in [1.54, 1.807) is 30.3 Å². The Bertz CT molecular complexity index is 660. The predicted octanol–water partition coefficient (Wildman–Crippen LogP) is 3.02. The van der Waals surface area contributed by atoms with Gasteiger partial charge in [0.15, 0.2) is 0 Å². The van der Waals surface area contributed by atoms with Gasteiger partial charge in [-0.2, -0.15) is 0 Å². The number of hydrogen-bond donors (Lipinski definition) is 1. The molecule has 0 aliphatic carbocycles. The van der Waals surface area contributed by atoms with E-state index in [2.05, 4.69) is 4.74 Å². The van der Waals surface area contributed by atoms with Crippen LogP contribution in [0.25, 0.3) is 0 Å². The second kappa shape index (κ2) is 7.78. The minimum atomic E-state index is -0.504. The minimum absolute atomic E-state index is 0.103. The average Bonchev–Trinajstić information content (AvgIpc) is 2.85. The van der Waals surface area contributed by atoms with E-state index < -0.39 is 11.9 Å². The molecule has 0 unspecified atom stereocenters. The largest absolute Gasteiger partial charge is 0.508 e. The lowest BCUT2D eigenvalue weighted by atomic mass is 10.1. The molecule has 2 aromatic rings. The number of hydrogen-bond acceptors (Lipinski definition) is 4. The van der Waals surface area contributed by atoms with Crippen LogP contribution in [-0.4, -0.2) is 17.0 Å². The molecule has 0 amide bonds. The number of allylic oxidation sites excluding steroid dienone is 1. The van der Waals surface area contributed by atoms with E-state index in [0.717, 1.165) is 5.56 Å². The first-order valence-corrected chi connectivity index (χ1v) is 6.87. The third-order valence-electron chi connectivity index (χ3n) is 2.99. The number of carbonyl (C=O) groups is 2. The van der Waals surface area contributed by atoms with Gasteiger partial charge < -0.3 is 9.84 Å². The standard InChI is InChI=1S/C12H10O3.C6H6O/c13-11-8-10(12(14)15-11)7-6-9-4-2-1-3-5-9;7-6-4-2-1-3-5-6/h1-5,7H,6,8H2;1-5,7H. The highest BCUT2D eigenvalue weighted by Crippen LogP contribution is 2.15. The molecule has 4 nitrogen and oxygen atoms in total. The molecule has 4 heteroatoms. The number of benzene rings is 2. The third kappa shape index (κ3) is 4.90. The zero-order valence-electron chi connectivity index (χ0n) is 11.9. The molecule has 1 saturated heterocycles. The summed E-state index contributed by atoms with van der Waals surface area (Å²) in [5.74, 6) is -0.641. The van der Waals surface area contributed by atoms with Gasteiger partial charge in [-0.05, 0) is 24.1 Å². The number of phenolic OH excluding ortho intramolecular Hbond substituents is 1.